The van der Waals surface area contributed by atoms with Crippen molar-refractivity contribution >= 4 is 45.0 Å². The lowest BCUT2D eigenvalue weighted by molar-refractivity contribution is 1.17. The van der Waals surface area contributed by atoms with E-state index < -0.39 is 0 Å². The fraction of sp³-hybridized carbons (Fsp3) is 0. The van der Waals surface area contributed by atoms with Gasteiger partial charge in [0.05, 0.1) is 22.8 Å². The van der Waals surface area contributed by atoms with Crippen molar-refractivity contribution in [2.24, 2.45) is 0 Å². The maximum atomic E-state index is 5.35. The Morgan fingerprint density at radius 1 is 0.409 bits per heavy atom. The SMILES string of the molecule is C1=Cc2cc3ccc(cc4nc(cc5ccc(cc1n2)n5-c1ccccc1)-c1ccc2ccccc2c1-4)n3-c1ccccc1. The van der Waals surface area contributed by atoms with Gasteiger partial charge in [0.1, 0.15) is 0 Å². The highest BCUT2D eigenvalue weighted by atomic mass is 15.0. The summed E-state index contributed by atoms with van der Waals surface area (Å²) in [7, 11) is 0. The molecule has 0 atom stereocenters. The first kappa shape index (κ1) is 24.6. The number of nitrogens with zero attached hydrogens (tertiary/aromatic N) is 4. The monoisotopic (exact) mass is 562 g/mol. The van der Waals surface area contributed by atoms with Crippen LogP contribution in [0.15, 0.2) is 146 Å². The summed E-state index contributed by atoms with van der Waals surface area (Å²) in [5, 5.41) is 2.40. The summed E-state index contributed by atoms with van der Waals surface area (Å²) >= 11 is 0. The van der Waals surface area contributed by atoms with Gasteiger partial charge in [-0.25, -0.2) is 9.97 Å². The van der Waals surface area contributed by atoms with Gasteiger partial charge in [0.2, 0.25) is 0 Å². The van der Waals surface area contributed by atoms with E-state index in [9.17, 15) is 0 Å². The van der Waals surface area contributed by atoms with Crippen molar-refractivity contribution in [2.45, 2.75) is 0 Å². The quantitative estimate of drug-likeness (QED) is 0.210. The Balaban J connectivity index is 1.46. The molecule has 4 aromatic carbocycles. The summed E-state index contributed by atoms with van der Waals surface area (Å²) in [6.45, 7) is 0. The van der Waals surface area contributed by atoms with E-state index in [4.69, 9.17) is 9.97 Å². The van der Waals surface area contributed by atoms with E-state index in [1.54, 1.807) is 0 Å². The first-order chi connectivity index (χ1) is 21.8. The Labute approximate surface area is 254 Å². The molecule has 206 valence electrons. The van der Waals surface area contributed by atoms with Gasteiger partial charge >= 0.3 is 0 Å². The number of hydrogen-bond donors (Lipinski definition) is 0. The predicted octanol–water partition coefficient (Wildman–Crippen LogP) is 9.90. The molecule has 0 N–H and O–H groups in total. The van der Waals surface area contributed by atoms with Crippen LogP contribution >= 0.6 is 0 Å². The minimum absolute atomic E-state index is 0.917. The number of rotatable bonds is 2. The first-order valence-corrected chi connectivity index (χ1v) is 14.8. The van der Waals surface area contributed by atoms with Gasteiger partial charge in [0.15, 0.2) is 0 Å². The molecule has 4 heteroatoms. The summed E-state index contributed by atoms with van der Waals surface area (Å²) in [6, 6.07) is 51.4. The Kier molecular flexibility index (Phi) is 5.47. The van der Waals surface area contributed by atoms with Gasteiger partial charge in [-0.1, -0.05) is 72.8 Å². The van der Waals surface area contributed by atoms with Gasteiger partial charge in [-0.3, -0.25) is 0 Å². The minimum Gasteiger partial charge on any atom is -0.310 e. The fourth-order valence-electron chi connectivity index (χ4n) is 6.50. The van der Waals surface area contributed by atoms with Crippen molar-refractivity contribution in [1.82, 2.24) is 19.1 Å². The summed E-state index contributed by atoms with van der Waals surface area (Å²) in [4.78, 5) is 10.3. The van der Waals surface area contributed by atoms with Crippen LogP contribution in [-0.4, -0.2) is 19.1 Å². The van der Waals surface area contributed by atoms with Crippen molar-refractivity contribution in [2.75, 3.05) is 0 Å². The summed E-state index contributed by atoms with van der Waals surface area (Å²) in [6.07, 6.45) is 4.17. The standard InChI is InChI=1S/C40H26N4/c1-3-10-30(11-4-1)43-32-18-20-34(43)25-38-37-22-15-27-9-7-8-14-36(27)40(37)39(42-38)26-35-21-19-33(24-29-17-16-28(23-32)41-29)44(35)31-12-5-2-6-13-31/h1-26H. The van der Waals surface area contributed by atoms with E-state index in [-0.39, 0.29) is 0 Å². The highest BCUT2D eigenvalue weighted by Crippen LogP contribution is 2.41. The minimum atomic E-state index is 0.917. The molecule has 0 saturated heterocycles. The molecule has 2 aliphatic heterocycles. The second-order valence-corrected chi connectivity index (χ2v) is 11.2. The van der Waals surface area contributed by atoms with Crippen LogP contribution < -0.4 is 0 Å². The van der Waals surface area contributed by atoms with Crippen molar-refractivity contribution in [3.05, 3.63) is 157 Å². The molecule has 0 spiro atoms. The predicted molar refractivity (Wildman–Crippen MR) is 182 cm³/mol. The fourth-order valence-corrected chi connectivity index (χ4v) is 6.50. The van der Waals surface area contributed by atoms with Crippen molar-refractivity contribution in [1.29, 1.82) is 0 Å². The summed E-state index contributed by atoms with van der Waals surface area (Å²) in [5.74, 6) is 0. The van der Waals surface area contributed by atoms with Gasteiger partial charge in [-0.2, -0.15) is 0 Å². The molecule has 8 bridgehead atoms. The third-order valence-electron chi connectivity index (χ3n) is 8.46. The van der Waals surface area contributed by atoms with Crippen LogP contribution in [0.4, 0.5) is 0 Å². The number of hydrogen-bond acceptors (Lipinski definition) is 2. The zero-order valence-electron chi connectivity index (χ0n) is 23.8. The van der Waals surface area contributed by atoms with Crippen LogP contribution in [0.5, 0.6) is 0 Å². The van der Waals surface area contributed by atoms with Gasteiger partial charge < -0.3 is 9.13 Å². The summed E-state index contributed by atoms with van der Waals surface area (Å²) < 4.78 is 4.56. The maximum absolute atomic E-state index is 5.35. The van der Waals surface area contributed by atoms with Crippen LogP contribution in [-0.2, 0) is 0 Å². The maximum Gasteiger partial charge on any atom is 0.0743 e. The Bertz CT molecular complexity index is 2430. The van der Waals surface area contributed by atoms with E-state index in [0.29, 0.717) is 0 Å². The molecule has 0 radical (unpaired) electrons. The molecule has 2 aliphatic rings. The van der Waals surface area contributed by atoms with E-state index >= 15 is 0 Å². The lowest BCUT2D eigenvalue weighted by atomic mass is 9.97. The molecule has 0 aliphatic carbocycles. The second-order valence-electron chi connectivity index (χ2n) is 11.2. The average molecular weight is 563 g/mol. The Hall–Kier alpha value is -6.00. The number of benzene rings is 4. The zero-order chi connectivity index (χ0) is 29.0. The molecule has 3 aromatic heterocycles. The van der Waals surface area contributed by atoms with Crippen LogP contribution in [0.1, 0.15) is 11.4 Å². The molecule has 5 heterocycles. The number of fused-ring (bicyclic) bond motifs is 13. The Morgan fingerprint density at radius 3 is 1.55 bits per heavy atom. The van der Waals surface area contributed by atoms with E-state index in [1.165, 1.54) is 10.8 Å². The van der Waals surface area contributed by atoms with Crippen molar-refractivity contribution < 1.29 is 0 Å². The third kappa shape index (κ3) is 4.00. The molecule has 44 heavy (non-hydrogen) atoms. The van der Waals surface area contributed by atoms with Crippen molar-refractivity contribution in [3.8, 4) is 33.9 Å². The lowest BCUT2D eigenvalue weighted by Crippen LogP contribution is -1.93. The van der Waals surface area contributed by atoms with Gasteiger partial charge in [0.25, 0.3) is 0 Å². The van der Waals surface area contributed by atoms with Gasteiger partial charge in [0, 0.05) is 44.6 Å². The van der Waals surface area contributed by atoms with E-state index in [0.717, 1.165) is 67.3 Å². The van der Waals surface area contributed by atoms with Crippen LogP contribution in [0.2, 0.25) is 0 Å². The highest BCUT2D eigenvalue weighted by molar-refractivity contribution is 6.05. The average Bonchev–Trinajstić information content (AvgIpc) is 3.85. The molecular weight excluding hydrogens is 536 g/mol. The molecule has 0 unspecified atom stereocenters. The first-order valence-electron chi connectivity index (χ1n) is 14.8. The van der Waals surface area contributed by atoms with Gasteiger partial charge in [-0.05, 0) is 95.7 Å². The van der Waals surface area contributed by atoms with Crippen LogP contribution in [0, 0.1) is 0 Å². The molecule has 0 saturated carbocycles. The van der Waals surface area contributed by atoms with Crippen LogP contribution in [0.25, 0.3) is 78.9 Å². The highest BCUT2D eigenvalue weighted by Gasteiger charge is 2.20. The smallest absolute Gasteiger partial charge is 0.0743 e. The summed E-state index contributed by atoms with van der Waals surface area (Å²) in [5.41, 5.74) is 12.4. The number of aromatic nitrogens is 4. The second kappa shape index (κ2) is 9.79. The lowest BCUT2D eigenvalue weighted by Gasteiger charge is -2.08. The molecule has 9 rings (SSSR count). The van der Waals surface area contributed by atoms with Crippen molar-refractivity contribution in [3.63, 3.8) is 0 Å². The van der Waals surface area contributed by atoms with Gasteiger partial charge in [-0.15, -0.1) is 0 Å². The zero-order valence-corrected chi connectivity index (χ0v) is 23.8. The molecule has 4 nitrogen and oxygen atoms in total. The molecule has 0 amide bonds. The van der Waals surface area contributed by atoms with E-state index in [2.05, 4.69) is 167 Å². The molecule has 0 fully saturated rings. The molecular formula is C40H26N4. The van der Waals surface area contributed by atoms with E-state index in [1.807, 2.05) is 0 Å². The normalized spacial score (nSPS) is 12.0. The molecule has 7 aromatic rings. The topological polar surface area (TPSA) is 35.6 Å². The third-order valence-corrected chi connectivity index (χ3v) is 8.46. The largest absolute Gasteiger partial charge is 0.310 e. The Morgan fingerprint density at radius 2 is 0.932 bits per heavy atom. The number of para-hydroxylation sites is 2. The van der Waals surface area contributed by atoms with Crippen LogP contribution in [0.3, 0.4) is 0 Å².